The number of allylic oxidation sites excluding steroid dienone is 6. The third kappa shape index (κ3) is 1.18. The fourth-order valence-electron chi connectivity index (χ4n) is 1.55. The first-order chi connectivity index (χ1) is 5.36. The highest BCUT2D eigenvalue weighted by Crippen LogP contribution is 2.26. The summed E-state index contributed by atoms with van der Waals surface area (Å²) in [6.07, 6.45) is 10.9. The molecule has 0 saturated carbocycles. The molecule has 2 aliphatic rings. The van der Waals surface area contributed by atoms with Gasteiger partial charge in [-0.25, -0.2) is 0 Å². The van der Waals surface area contributed by atoms with E-state index in [4.69, 9.17) is 0 Å². The summed E-state index contributed by atoms with van der Waals surface area (Å²) in [5.74, 6) is 0.138. The monoisotopic (exact) mass is 146 g/mol. The van der Waals surface area contributed by atoms with Gasteiger partial charge in [0.25, 0.3) is 0 Å². The van der Waals surface area contributed by atoms with Crippen LogP contribution < -0.4 is 0 Å². The average molecular weight is 146 g/mol. The number of ketones is 1. The maximum absolute atomic E-state index is 10.9. The second kappa shape index (κ2) is 2.50. The Morgan fingerprint density at radius 3 is 3.09 bits per heavy atom. The van der Waals surface area contributed by atoms with Gasteiger partial charge in [0, 0.05) is 0 Å². The predicted octanol–water partition coefficient (Wildman–Crippen LogP) is 2.16. The first-order valence-corrected chi connectivity index (χ1v) is 3.99. The zero-order valence-electron chi connectivity index (χ0n) is 6.34. The van der Waals surface area contributed by atoms with Gasteiger partial charge < -0.3 is 0 Å². The fraction of sp³-hybridized carbons (Fsp3) is 0.300. The Labute approximate surface area is 66.1 Å². The first kappa shape index (κ1) is 6.59. The number of fused-ring (bicyclic) bond motifs is 1. The van der Waals surface area contributed by atoms with Gasteiger partial charge >= 0.3 is 0 Å². The molecule has 0 atom stereocenters. The fourth-order valence-corrected chi connectivity index (χ4v) is 1.55. The smallest absolute Gasteiger partial charge is 0.178 e. The van der Waals surface area contributed by atoms with E-state index in [1.54, 1.807) is 12.2 Å². The van der Waals surface area contributed by atoms with Crippen molar-refractivity contribution >= 4 is 5.78 Å². The molecule has 0 amide bonds. The van der Waals surface area contributed by atoms with E-state index in [2.05, 4.69) is 6.08 Å². The van der Waals surface area contributed by atoms with Crippen molar-refractivity contribution in [3.05, 3.63) is 35.5 Å². The molecule has 0 unspecified atom stereocenters. The number of hydrogen-bond acceptors (Lipinski definition) is 1. The topological polar surface area (TPSA) is 17.1 Å². The second-order valence-corrected chi connectivity index (χ2v) is 2.96. The minimum atomic E-state index is 0.138. The van der Waals surface area contributed by atoms with Crippen LogP contribution in [0.15, 0.2) is 35.5 Å². The van der Waals surface area contributed by atoms with Gasteiger partial charge in [0.15, 0.2) is 5.78 Å². The molecule has 56 valence electrons. The van der Waals surface area contributed by atoms with Crippen LogP contribution in [0.5, 0.6) is 0 Å². The van der Waals surface area contributed by atoms with Gasteiger partial charge in [-0.1, -0.05) is 12.2 Å². The molecule has 0 saturated heterocycles. The Morgan fingerprint density at radius 2 is 2.18 bits per heavy atom. The lowest BCUT2D eigenvalue weighted by atomic mass is 9.89. The summed E-state index contributed by atoms with van der Waals surface area (Å²) in [6.45, 7) is 0. The summed E-state index contributed by atoms with van der Waals surface area (Å²) in [6, 6.07) is 0. The molecule has 11 heavy (non-hydrogen) atoms. The molecule has 2 rings (SSSR count). The van der Waals surface area contributed by atoms with Crippen molar-refractivity contribution in [1.29, 1.82) is 0 Å². The quantitative estimate of drug-likeness (QED) is 0.511. The molecule has 0 heterocycles. The summed E-state index contributed by atoms with van der Waals surface area (Å²) < 4.78 is 0. The highest BCUT2D eigenvalue weighted by atomic mass is 16.1. The molecule has 0 radical (unpaired) electrons. The third-order valence-corrected chi connectivity index (χ3v) is 2.13. The van der Waals surface area contributed by atoms with E-state index >= 15 is 0 Å². The summed E-state index contributed by atoms with van der Waals surface area (Å²) in [4.78, 5) is 10.9. The number of hydrogen-bond donors (Lipinski definition) is 0. The Morgan fingerprint density at radius 1 is 1.27 bits per heavy atom. The average Bonchev–Trinajstić information content (AvgIpc) is 2.04. The number of carbonyl (C=O) groups is 1. The maximum Gasteiger partial charge on any atom is 0.178 e. The molecule has 1 heteroatoms. The molecule has 0 N–H and O–H groups in total. The van der Waals surface area contributed by atoms with Gasteiger partial charge in [-0.15, -0.1) is 0 Å². The van der Waals surface area contributed by atoms with E-state index in [0.29, 0.717) is 0 Å². The van der Waals surface area contributed by atoms with Crippen molar-refractivity contribution in [1.82, 2.24) is 0 Å². The van der Waals surface area contributed by atoms with E-state index in [-0.39, 0.29) is 5.78 Å². The lowest BCUT2D eigenvalue weighted by Gasteiger charge is -2.15. The molecule has 0 aliphatic heterocycles. The highest BCUT2D eigenvalue weighted by Gasteiger charge is 2.11. The summed E-state index contributed by atoms with van der Waals surface area (Å²) in [5, 5.41) is 0. The van der Waals surface area contributed by atoms with E-state index in [1.165, 1.54) is 17.6 Å². The standard InChI is InChI=1S/C10H10O/c11-10-6-5-8-3-1-2-4-9(8)7-10/h3,5-7H,1-2,4H2. The lowest BCUT2D eigenvalue weighted by Crippen LogP contribution is -2.02. The zero-order valence-corrected chi connectivity index (χ0v) is 6.34. The van der Waals surface area contributed by atoms with E-state index in [1.807, 2.05) is 6.08 Å². The van der Waals surface area contributed by atoms with E-state index in [9.17, 15) is 4.79 Å². The van der Waals surface area contributed by atoms with Crippen LogP contribution in [-0.2, 0) is 4.79 Å². The summed E-state index contributed by atoms with van der Waals surface area (Å²) in [7, 11) is 0. The predicted molar refractivity (Wildman–Crippen MR) is 44.2 cm³/mol. The molecular formula is C10H10O. The third-order valence-electron chi connectivity index (χ3n) is 2.13. The molecule has 0 aromatic rings. The van der Waals surface area contributed by atoms with E-state index < -0.39 is 0 Å². The van der Waals surface area contributed by atoms with Crippen LogP contribution in [0.2, 0.25) is 0 Å². The van der Waals surface area contributed by atoms with Crippen molar-refractivity contribution in [3.63, 3.8) is 0 Å². The van der Waals surface area contributed by atoms with Gasteiger partial charge in [0.05, 0.1) is 0 Å². The number of carbonyl (C=O) groups excluding carboxylic acids is 1. The molecule has 0 spiro atoms. The number of rotatable bonds is 0. The maximum atomic E-state index is 10.9. The van der Waals surface area contributed by atoms with Crippen molar-refractivity contribution in [2.75, 3.05) is 0 Å². The molecule has 0 aromatic carbocycles. The van der Waals surface area contributed by atoms with Crippen molar-refractivity contribution < 1.29 is 4.79 Å². The van der Waals surface area contributed by atoms with Crippen LogP contribution in [0.1, 0.15) is 19.3 Å². The Kier molecular flexibility index (Phi) is 1.50. The van der Waals surface area contributed by atoms with Gasteiger partial charge in [-0.2, -0.15) is 0 Å². The first-order valence-electron chi connectivity index (χ1n) is 3.99. The normalized spacial score (nSPS) is 22.4. The Bertz CT molecular complexity index is 279. The van der Waals surface area contributed by atoms with Gasteiger partial charge in [0.1, 0.15) is 0 Å². The van der Waals surface area contributed by atoms with Crippen molar-refractivity contribution in [3.8, 4) is 0 Å². The van der Waals surface area contributed by atoms with Crippen LogP contribution >= 0.6 is 0 Å². The van der Waals surface area contributed by atoms with Crippen LogP contribution in [0.25, 0.3) is 0 Å². The molecular weight excluding hydrogens is 136 g/mol. The van der Waals surface area contributed by atoms with Crippen molar-refractivity contribution in [2.24, 2.45) is 0 Å². The minimum absolute atomic E-state index is 0.138. The lowest BCUT2D eigenvalue weighted by molar-refractivity contribution is -0.110. The SMILES string of the molecule is O=C1C=CC2=CCCCC2=C1. The summed E-state index contributed by atoms with van der Waals surface area (Å²) >= 11 is 0. The van der Waals surface area contributed by atoms with Crippen molar-refractivity contribution in [2.45, 2.75) is 19.3 Å². The van der Waals surface area contributed by atoms with E-state index in [0.717, 1.165) is 12.8 Å². The summed E-state index contributed by atoms with van der Waals surface area (Å²) in [5.41, 5.74) is 2.49. The second-order valence-electron chi connectivity index (χ2n) is 2.96. The molecule has 0 aromatic heterocycles. The molecule has 0 bridgehead atoms. The minimum Gasteiger partial charge on any atom is -0.290 e. The Balaban J connectivity index is 2.38. The van der Waals surface area contributed by atoms with Crippen LogP contribution in [-0.4, -0.2) is 5.78 Å². The van der Waals surface area contributed by atoms with Crippen LogP contribution in [0, 0.1) is 0 Å². The van der Waals surface area contributed by atoms with Gasteiger partial charge in [-0.05, 0) is 42.6 Å². The Hall–Kier alpha value is -1.11. The molecule has 1 nitrogen and oxygen atoms in total. The largest absolute Gasteiger partial charge is 0.290 e. The van der Waals surface area contributed by atoms with Gasteiger partial charge in [0.2, 0.25) is 0 Å². The zero-order chi connectivity index (χ0) is 7.68. The van der Waals surface area contributed by atoms with Crippen LogP contribution in [0.3, 0.4) is 0 Å². The van der Waals surface area contributed by atoms with Crippen LogP contribution in [0.4, 0.5) is 0 Å². The molecule has 0 fully saturated rings. The molecule has 2 aliphatic carbocycles. The van der Waals surface area contributed by atoms with Gasteiger partial charge in [-0.3, -0.25) is 4.79 Å². The highest BCUT2D eigenvalue weighted by molar-refractivity contribution is 6.02.